The predicted molar refractivity (Wildman–Crippen MR) is 57.5 cm³/mol. The Balaban J connectivity index is 3.08. The molecule has 0 heterocycles. The highest BCUT2D eigenvalue weighted by molar-refractivity contribution is 5.81. The minimum atomic E-state index is -0.263. The molecule has 1 aromatic rings. The van der Waals surface area contributed by atoms with Gasteiger partial charge in [-0.1, -0.05) is 13.0 Å². The highest BCUT2D eigenvalue weighted by atomic mass is 16.5. The van der Waals surface area contributed by atoms with E-state index in [1.165, 1.54) is 0 Å². The second-order valence-electron chi connectivity index (χ2n) is 3.27. The highest BCUT2D eigenvalue weighted by Crippen LogP contribution is 2.22. The van der Waals surface area contributed by atoms with Crippen molar-refractivity contribution >= 4 is 12.6 Å². The summed E-state index contributed by atoms with van der Waals surface area (Å²) in [5, 5.41) is 0. The highest BCUT2D eigenvalue weighted by Gasteiger charge is 2.10. The van der Waals surface area contributed by atoms with Crippen LogP contribution < -0.4 is 4.74 Å². The van der Waals surface area contributed by atoms with Crippen molar-refractivity contribution in [2.24, 2.45) is 0 Å². The number of carbonyl (C=O) groups is 2. The summed E-state index contributed by atoms with van der Waals surface area (Å²) in [5.74, 6) is 0.391. The number of hydrogen-bond donors (Lipinski definition) is 0. The summed E-state index contributed by atoms with van der Waals surface area (Å²) in [7, 11) is 0. The quantitative estimate of drug-likeness (QED) is 0.693. The van der Waals surface area contributed by atoms with E-state index in [1.807, 2.05) is 6.92 Å². The van der Waals surface area contributed by atoms with Crippen molar-refractivity contribution in [3.8, 4) is 5.75 Å². The Morgan fingerprint density at radius 3 is 2.67 bits per heavy atom. The number of carbonyl (C=O) groups excluding carboxylic acids is 2. The summed E-state index contributed by atoms with van der Waals surface area (Å²) < 4.78 is 5.27. The van der Waals surface area contributed by atoms with Gasteiger partial charge in [-0.15, -0.1) is 0 Å². The molecule has 0 saturated carbocycles. The molecule has 0 fully saturated rings. The molecule has 0 spiro atoms. The maximum Gasteiger partial charge on any atom is 0.150 e. The molecule has 3 nitrogen and oxygen atoms in total. The fraction of sp³-hybridized carbons (Fsp3) is 0.333. The van der Waals surface area contributed by atoms with Crippen LogP contribution in [0.5, 0.6) is 5.75 Å². The molecule has 0 bridgehead atoms. The van der Waals surface area contributed by atoms with Crippen LogP contribution in [0.3, 0.4) is 0 Å². The smallest absolute Gasteiger partial charge is 0.150 e. The van der Waals surface area contributed by atoms with E-state index in [-0.39, 0.29) is 5.92 Å². The van der Waals surface area contributed by atoms with Crippen LogP contribution in [-0.2, 0) is 4.79 Å². The molecular formula is C12H14O3. The summed E-state index contributed by atoms with van der Waals surface area (Å²) in [6.07, 6.45) is 1.57. The third kappa shape index (κ3) is 2.65. The van der Waals surface area contributed by atoms with Crippen molar-refractivity contribution in [2.45, 2.75) is 19.8 Å². The van der Waals surface area contributed by atoms with Crippen LogP contribution in [-0.4, -0.2) is 19.2 Å². The second kappa shape index (κ2) is 5.29. The molecule has 1 unspecified atom stereocenters. The van der Waals surface area contributed by atoms with E-state index in [0.29, 0.717) is 17.9 Å². The zero-order valence-electron chi connectivity index (χ0n) is 8.90. The van der Waals surface area contributed by atoms with Gasteiger partial charge in [-0.05, 0) is 24.6 Å². The molecule has 0 aromatic heterocycles. The lowest BCUT2D eigenvalue weighted by Gasteiger charge is -2.09. The van der Waals surface area contributed by atoms with Gasteiger partial charge in [0.05, 0.1) is 6.61 Å². The fourth-order valence-corrected chi connectivity index (χ4v) is 1.40. The molecular weight excluding hydrogens is 192 g/mol. The minimum Gasteiger partial charge on any atom is -0.494 e. The largest absolute Gasteiger partial charge is 0.494 e. The van der Waals surface area contributed by atoms with Crippen molar-refractivity contribution in [1.29, 1.82) is 0 Å². The molecule has 0 aliphatic rings. The molecule has 0 amide bonds. The van der Waals surface area contributed by atoms with E-state index in [1.54, 1.807) is 25.1 Å². The first-order valence-electron chi connectivity index (χ1n) is 4.90. The van der Waals surface area contributed by atoms with Crippen molar-refractivity contribution in [3.05, 3.63) is 29.3 Å². The molecule has 0 radical (unpaired) electrons. The van der Waals surface area contributed by atoms with Crippen LogP contribution in [0.15, 0.2) is 18.2 Å². The van der Waals surface area contributed by atoms with Crippen LogP contribution in [0.4, 0.5) is 0 Å². The van der Waals surface area contributed by atoms with Crippen molar-refractivity contribution in [3.63, 3.8) is 0 Å². The standard InChI is InChI=1S/C12H14O3/c1-3-15-11-4-5-12(9(2)7-13)10(6-11)8-14/h4-9H,3H2,1-2H3. The average molecular weight is 206 g/mol. The van der Waals surface area contributed by atoms with Gasteiger partial charge in [0.2, 0.25) is 0 Å². The van der Waals surface area contributed by atoms with Crippen LogP contribution in [0.25, 0.3) is 0 Å². The maximum absolute atomic E-state index is 10.8. The number of aldehydes is 2. The number of rotatable bonds is 5. The zero-order valence-corrected chi connectivity index (χ0v) is 8.90. The summed E-state index contributed by atoms with van der Waals surface area (Å²) in [6.45, 7) is 4.19. The number of benzene rings is 1. The molecule has 1 aromatic carbocycles. The number of hydrogen-bond acceptors (Lipinski definition) is 3. The predicted octanol–water partition coefficient (Wildman–Crippen LogP) is 2.20. The zero-order chi connectivity index (χ0) is 11.3. The Morgan fingerprint density at radius 1 is 1.40 bits per heavy atom. The van der Waals surface area contributed by atoms with E-state index in [4.69, 9.17) is 4.74 Å². The van der Waals surface area contributed by atoms with Crippen LogP contribution in [0.2, 0.25) is 0 Å². The van der Waals surface area contributed by atoms with Gasteiger partial charge in [-0.2, -0.15) is 0 Å². The number of ether oxygens (including phenoxy) is 1. The van der Waals surface area contributed by atoms with Gasteiger partial charge >= 0.3 is 0 Å². The maximum atomic E-state index is 10.8. The van der Waals surface area contributed by atoms with E-state index in [2.05, 4.69) is 0 Å². The van der Waals surface area contributed by atoms with E-state index in [0.717, 1.165) is 18.1 Å². The van der Waals surface area contributed by atoms with E-state index >= 15 is 0 Å². The lowest BCUT2D eigenvalue weighted by Crippen LogP contribution is -2.01. The van der Waals surface area contributed by atoms with Gasteiger partial charge in [0, 0.05) is 11.5 Å². The summed E-state index contributed by atoms with van der Waals surface area (Å²) >= 11 is 0. The second-order valence-corrected chi connectivity index (χ2v) is 3.27. The Bertz CT molecular complexity index is 358. The summed E-state index contributed by atoms with van der Waals surface area (Å²) in [5.41, 5.74) is 1.25. The average Bonchev–Trinajstić information content (AvgIpc) is 2.28. The van der Waals surface area contributed by atoms with Crippen molar-refractivity contribution < 1.29 is 14.3 Å². The molecule has 1 rings (SSSR count). The molecule has 0 aliphatic carbocycles. The first-order valence-corrected chi connectivity index (χ1v) is 4.90. The van der Waals surface area contributed by atoms with E-state index in [9.17, 15) is 9.59 Å². The Labute approximate surface area is 89.1 Å². The minimum absolute atomic E-state index is 0.263. The molecule has 15 heavy (non-hydrogen) atoms. The molecule has 3 heteroatoms. The molecule has 0 aliphatic heterocycles. The third-order valence-electron chi connectivity index (χ3n) is 2.19. The van der Waals surface area contributed by atoms with Gasteiger partial charge in [0.25, 0.3) is 0 Å². The SMILES string of the molecule is CCOc1ccc(C(C)C=O)c(C=O)c1. The first-order chi connectivity index (χ1) is 7.22. The Morgan fingerprint density at radius 2 is 2.13 bits per heavy atom. The molecule has 0 N–H and O–H groups in total. The van der Waals surface area contributed by atoms with E-state index < -0.39 is 0 Å². The molecule has 0 saturated heterocycles. The monoisotopic (exact) mass is 206 g/mol. The van der Waals surface area contributed by atoms with Crippen molar-refractivity contribution in [2.75, 3.05) is 6.61 Å². The Hall–Kier alpha value is -1.64. The molecule has 80 valence electrons. The van der Waals surface area contributed by atoms with Crippen LogP contribution in [0.1, 0.15) is 35.7 Å². The Kier molecular flexibility index (Phi) is 4.03. The van der Waals surface area contributed by atoms with Gasteiger partial charge in [0.15, 0.2) is 0 Å². The van der Waals surface area contributed by atoms with Gasteiger partial charge in [-0.3, -0.25) is 4.79 Å². The molecule has 1 atom stereocenters. The van der Waals surface area contributed by atoms with Crippen LogP contribution in [0, 0.1) is 0 Å². The normalized spacial score (nSPS) is 11.9. The van der Waals surface area contributed by atoms with Crippen molar-refractivity contribution in [1.82, 2.24) is 0 Å². The third-order valence-corrected chi connectivity index (χ3v) is 2.19. The fourth-order valence-electron chi connectivity index (χ4n) is 1.40. The summed E-state index contributed by atoms with van der Waals surface area (Å²) in [6, 6.07) is 5.19. The topological polar surface area (TPSA) is 43.4 Å². The lowest BCUT2D eigenvalue weighted by molar-refractivity contribution is -0.108. The van der Waals surface area contributed by atoms with Crippen LogP contribution >= 0.6 is 0 Å². The first kappa shape index (κ1) is 11.4. The lowest BCUT2D eigenvalue weighted by atomic mass is 9.97. The van der Waals surface area contributed by atoms with Gasteiger partial charge in [-0.25, -0.2) is 0 Å². The summed E-state index contributed by atoms with van der Waals surface area (Å²) in [4.78, 5) is 21.5. The van der Waals surface area contributed by atoms with Gasteiger partial charge < -0.3 is 9.53 Å². The van der Waals surface area contributed by atoms with Gasteiger partial charge in [0.1, 0.15) is 18.3 Å².